The second-order valence-electron chi connectivity index (χ2n) is 5.88. The quantitative estimate of drug-likeness (QED) is 0.752. The van der Waals surface area contributed by atoms with Crippen LogP contribution in [0.2, 0.25) is 0 Å². The highest BCUT2D eigenvalue weighted by molar-refractivity contribution is 4.84. The molecular formula is C15H33N3. The summed E-state index contributed by atoms with van der Waals surface area (Å²) >= 11 is 0. The first-order valence-electron chi connectivity index (χ1n) is 7.81. The first-order chi connectivity index (χ1) is 8.60. The van der Waals surface area contributed by atoms with E-state index in [1.807, 2.05) is 0 Å². The Bertz CT molecular complexity index is 210. The van der Waals surface area contributed by atoms with Gasteiger partial charge in [-0.25, -0.2) is 0 Å². The van der Waals surface area contributed by atoms with Crippen LogP contribution in [0, 0.1) is 0 Å². The molecule has 1 aliphatic rings. The third kappa shape index (κ3) is 4.52. The number of nitrogens with one attached hydrogen (secondary N) is 1. The molecule has 1 fully saturated rings. The van der Waals surface area contributed by atoms with E-state index in [1.54, 1.807) is 0 Å². The summed E-state index contributed by atoms with van der Waals surface area (Å²) < 4.78 is 0. The van der Waals surface area contributed by atoms with E-state index >= 15 is 0 Å². The Morgan fingerprint density at radius 2 is 1.50 bits per heavy atom. The summed E-state index contributed by atoms with van der Waals surface area (Å²) in [6.07, 6.45) is 2.45. The van der Waals surface area contributed by atoms with Crippen LogP contribution in [0.25, 0.3) is 0 Å². The maximum Gasteiger partial charge on any atom is 0.0222 e. The monoisotopic (exact) mass is 255 g/mol. The molecule has 1 N–H and O–H groups in total. The average molecular weight is 255 g/mol. The van der Waals surface area contributed by atoms with Gasteiger partial charge in [-0.1, -0.05) is 13.8 Å². The van der Waals surface area contributed by atoms with Crippen molar-refractivity contribution in [3.63, 3.8) is 0 Å². The summed E-state index contributed by atoms with van der Waals surface area (Å²) in [4.78, 5) is 5.25. The van der Waals surface area contributed by atoms with Crippen molar-refractivity contribution < 1.29 is 0 Å². The van der Waals surface area contributed by atoms with Gasteiger partial charge in [0.2, 0.25) is 0 Å². The topological polar surface area (TPSA) is 18.5 Å². The summed E-state index contributed by atoms with van der Waals surface area (Å²) in [7, 11) is 0. The first kappa shape index (κ1) is 15.9. The van der Waals surface area contributed by atoms with Crippen LogP contribution in [-0.4, -0.2) is 60.6 Å². The zero-order chi connectivity index (χ0) is 13.5. The van der Waals surface area contributed by atoms with Crippen LogP contribution in [0.15, 0.2) is 0 Å². The number of piperazine rings is 1. The zero-order valence-electron chi connectivity index (χ0n) is 13.1. The molecule has 0 amide bonds. The van der Waals surface area contributed by atoms with Crippen molar-refractivity contribution in [2.24, 2.45) is 0 Å². The van der Waals surface area contributed by atoms with Gasteiger partial charge in [-0.15, -0.1) is 0 Å². The van der Waals surface area contributed by atoms with Gasteiger partial charge in [0.15, 0.2) is 0 Å². The minimum Gasteiger partial charge on any atom is -0.312 e. The fourth-order valence-electron chi connectivity index (χ4n) is 2.90. The van der Waals surface area contributed by atoms with Gasteiger partial charge < -0.3 is 5.32 Å². The van der Waals surface area contributed by atoms with Gasteiger partial charge >= 0.3 is 0 Å². The SMILES string of the molecule is CCCNC(CC)C(C)N1CCN(C(C)C)CC1. The second-order valence-corrected chi connectivity index (χ2v) is 5.88. The molecule has 1 rings (SSSR count). The number of nitrogens with zero attached hydrogens (tertiary/aromatic N) is 2. The Labute approximate surface area is 114 Å². The van der Waals surface area contributed by atoms with E-state index in [0.717, 1.165) is 6.54 Å². The molecule has 0 aromatic rings. The highest BCUT2D eigenvalue weighted by Crippen LogP contribution is 2.13. The Morgan fingerprint density at radius 3 is 1.94 bits per heavy atom. The average Bonchev–Trinajstić information content (AvgIpc) is 2.39. The lowest BCUT2D eigenvalue weighted by molar-refractivity contribution is 0.0693. The minimum atomic E-state index is 0.649. The maximum atomic E-state index is 3.69. The van der Waals surface area contributed by atoms with Crippen LogP contribution in [0.1, 0.15) is 47.5 Å². The molecule has 3 heteroatoms. The Kier molecular flexibility index (Phi) is 7.20. The highest BCUT2D eigenvalue weighted by Gasteiger charge is 2.26. The van der Waals surface area contributed by atoms with Crippen molar-refractivity contribution in [3.8, 4) is 0 Å². The van der Waals surface area contributed by atoms with Crippen molar-refractivity contribution in [2.45, 2.75) is 65.6 Å². The third-order valence-corrected chi connectivity index (χ3v) is 4.33. The normalized spacial score (nSPS) is 22.3. The lowest BCUT2D eigenvalue weighted by Gasteiger charge is -2.42. The van der Waals surface area contributed by atoms with Crippen LogP contribution < -0.4 is 5.32 Å². The number of hydrogen-bond acceptors (Lipinski definition) is 3. The van der Waals surface area contributed by atoms with Crippen molar-refractivity contribution in [2.75, 3.05) is 32.7 Å². The van der Waals surface area contributed by atoms with E-state index < -0.39 is 0 Å². The molecule has 2 atom stereocenters. The molecule has 1 heterocycles. The van der Waals surface area contributed by atoms with Gasteiger partial charge in [0, 0.05) is 44.3 Å². The first-order valence-corrected chi connectivity index (χ1v) is 7.81. The summed E-state index contributed by atoms with van der Waals surface area (Å²) in [5, 5.41) is 3.69. The largest absolute Gasteiger partial charge is 0.312 e. The molecule has 3 nitrogen and oxygen atoms in total. The van der Waals surface area contributed by atoms with E-state index in [9.17, 15) is 0 Å². The molecular weight excluding hydrogens is 222 g/mol. The number of rotatable bonds is 7. The maximum absolute atomic E-state index is 3.69. The van der Waals surface area contributed by atoms with Gasteiger partial charge in [0.1, 0.15) is 0 Å². The van der Waals surface area contributed by atoms with E-state index in [2.05, 4.69) is 49.7 Å². The predicted molar refractivity (Wildman–Crippen MR) is 80.1 cm³/mol. The standard InChI is InChI=1S/C15H33N3/c1-6-8-16-15(7-2)14(5)18-11-9-17(10-12-18)13(3)4/h13-16H,6-12H2,1-5H3. The molecule has 108 valence electrons. The molecule has 0 aromatic carbocycles. The van der Waals surface area contributed by atoms with Gasteiger partial charge in [-0.3, -0.25) is 9.80 Å². The molecule has 18 heavy (non-hydrogen) atoms. The summed E-state index contributed by atoms with van der Waals surface area (Å²) in [6.45, 7) is 17.6. The van der Waals surface area contributed by atoms with Gasteiger partial charge in [0.25, 0.3) is 0 Å². The van der Waals surface area contributed by atoms with E-state index in [1.165, 1.54) is 39.0 Å². The highest BCUT2D eigenvalue weighted by atomic mass is 15.3. The summed E-state index contributed by atoms with van der Waals surface area (Å²) in [5.41, 5.74) is 0. The van der Waals surface area contributed by atoms with Crippen molar-refractivity contribution in [1.82, 2.24) is 15.1 Å². The Balaban J connectivity index is 2.40. The predicted octanol–water partition coefficient (Wildman–Crippen LogP) is 2.18. The van der Waals surface area contributed by atoms with Crippen LogP contribution >= 0.6 is 0 Å². The minimum absolute atomic E-state index is 0.649. The zero-order valence-corrected chi connectivity index (χ0v) is 13.1. The van der Waals surface area contributed by atoms with E-state index in [-0.39, 0.29) is 0 Å². The third-order valence-electron chi connectivity index (χ3n) is 4.33. The van der Waals surface area contributed by atoms with Crippen LogP contribution in [-0.2, 0) is 0 Å². The van der Waals surface area contributed by atoms with Gasteiger partial charge in [-0.05, 0) is 40.2 Å². The van der Waals surface area contributed by atoms with Crippen LogP contribution in [0.4, 0.5) is 0 Å². The van der Waals surface area contributed by atoms with Gasteiger partial charge in [0.05, 0.1) is 0 Å². The molecule has 0 radical (unpaired) electrons. The van der Waals surface area contributed by atoms with Gasteiger partial charge in [-0.2, -0.15) is 0 Å². The molecule has 0 aliphatic carbocycles. The summed E-state index contributed by atoms with van der Waals surface area (Å²) in [5.74, 6) is 0. The Morgan fingerprint density at radius 1 is 0.944 bits per heavy atom. The van der Waals surface area contributed by atoms with Crippen LogP contribution in [0.5, 0.6) is 0 Å². The fraction of sp³-hybridized carbons (Fsp3) is 1.00. The number of hydrogen-bond donors (Lipinski definition) is 1. The van der Waals surface area contributed by atoms with Crippen molar-refractivity contribution in [3.05, 3.63) is 0 Å². The Hall–Kier alpha value is -0.120. The smallest absolute Gasteiger partial charge is 0.0222 e. The fourth-order valence-corrected chi connectivity index (χ4v) is 2.90. The molecule has 2 unspecified atom stereocenters. The lowest BCUT2D eigenvalue weighted by Crippen LogP contribution is -2.56. The molecule has 0 bridgehead atoms. The van der Waals surface area contributed by atoms with Crippen molar-refractivity contribution in [1.29, 1.82) is 0 Å². The second kappa shape index (κ2) is 8.13. The summed E-state index contributed by atoms with van der Waals surface area (Å²) in [6, 6.07) is 2.01. The molecule has 0 saturated carbocycles. The molecule has 1 saturated heterocycles. The van der Waals surface area contributed by atoms with Crippen LogP contribution in [0.3, 0.4) is 0 Å². The van der Waals surface area contributed by atoms with E-state index in [0.29, 0.717) is 18.1 Å². The lowest BCUT2D eigenvalue weighted by atomic mass is 10.0. The van der Waals surface area contributed by atoms with E-state index in [4.69, 9.17) is 0 Å². The molecule has 0 aromatic heterocycles. The molecule has 1 aliphatic heterocycles. The van der Waals surface area contributed by atoms with Crippen molar-refractivity contribution >= 4 is 0 Å². The molecule has 0 spiro atoms.